The molecule has 0 saturated carbocycles. The van der Waals surface area contributed by atoms with Gasteiger partial charge >= 0.3 is 0 Å². The number of carbonyl (C=O) groups excluding carboxylic acids is 2. The lowest BCUT2D eigenvalue weighted by atomic mass is 10.1. The first kappa shape index (κ1) is 20.1. The maximum atomic E-state index is 12.3. The standard InChI is InChI=1S/C22H29N3O3/c1-16-8-9-18(13-17(16)2)22(27)24-15-21(26)23-14-19(20-7-6-12-28-20)25-10-4-3-5-11-25/h6-9,12-13,19H,3-5,10-11,14-15H2,1-2H3,(H,23,26)(H,24,27)/t19-/m1/s1. The lowest BCUT2D eigenvalue weighted by molar-refractivity contribution is -0.120. The molecule has 3 rings (SSSR count). The summed E-state index contributed by atoms with van der Waals surface area (Å²) < 4.78 is 5.60. The molecule has 1 aliphatic heterocycles. The summed E-state index contributed by atoms with van der Waals surface area (Å²) in [6, 6.07) is 9.38. The van der Waals surface area contributed by atoms with Gasteiger partial charge in [0, 0.05) is 12.1 Å². The smallest absolute Gasteiger partial charge is 0.251 e. The average molecular weight is 383 g/mol. The van der Waals surface area contributed by atoms with Crippen LogP contribution in [0.2, 0.25) is 0 Å². The number of furan rings is 1. The fourth-order valence-corrected chi connectivity index (χ4v) is 3.54. The fraction of sp³-hybridized carbons (Fsp3) is 0.455. The van der Waals surface area contributed by atoms with Crippen molar-refractivity contribution in [3.05, 3.63) is 59.0 Å². The Morgan fingerprint density at radius 1 is 1.07 bits per heavy atom. The van der Waals surface area contributed by atoms with Crippen molar-refractivity contribution in [2.24, 2.45) is 0 Å². The zero-order valence-corrected chi connectivity index (χ0v) is 16.7. The molecule has 1 atom stereocenters. The average Bonchev–Trinajstić information content (AvgIpc) is 3.23. The predicted molar refractivity (Wildman–Crippen MR) is 108 cm³/mol. The minimum absolute atomic E-state index is 0.0229. The first-order valence-electron chi connectivity index (χ1n) is 9.94. The minimum atomic E-state index is -0.239. The number of carbonyl (C=O) groups is 2. The number of amides is 2. The molecular formula is C22H29N3O3. The van der Waals surface area contributed by atoms with E-state index in [9.17, 15) is 9.59 Å². The van der Waals surface area contributed by atoms with Gasteiger partial charge in [0.05, 0.1) is 18.8 Å². The van der Waals surface area contributed by atoms with Crippen molar-refractivity contribution in [1.29, 1.82) is 0 Å². The third-order valence-corrected chi connectivity index (χ3v) is 5.37. The molecule has 1 saturated heterocycles. The first-order valence-corrected chi connectivity index (χ1v) is 9.94. The second-order valence-electron chi connectivity index (χ2n) is 7.41. The highest BCUT2D eigenvalue weighted by molar-refractivity contribution is 5.96. The van der Waals surface area contributed by atoms with E-state index in [1.54, 1.807) is 12.3 Å². The van der Waals surface area contributed by atoms with Gasteiger partial charge in [-0.15, -0.1) is 0 Å². The number of hydrogen-bond acceptors (Lipinski definition) is 4. The number of piperidine rings is 1. The second kappa shape index (κ2) is 9.55. The molecule has 1 fully saturated rings. The molecule has 0 bridgehead atoms. The van der Waals surface area contributed by atoms with E-state index in [4.69, 9.17) is 4.42 Å². The van der Waals surface area contributed by atoms with Crippen LogP contribution in [0.4, 0.5) is 0 Å². The van der Waals surface area contributed by atoms with E-state index >= 15 is 0 Å². The Morgan fingerprint density at radius 2 is 1.86 bits per heavy atom. The maximum absolute atomic E-state index is 12.3. The Kier molecular flexibility index (Phi) is 6.87. The summed E-state index contributed by atoms with van der Waals surface area (Å²) >= 11 is 0. The number of rotatable bonds is 7. The minimum Gasteiger partial charge on any atom is -0.468 e. The van der Waals surface area contributed by atoms with Crippen molar-refractivity contribution in [2.75, 3.05) is 26.2 Å². The van der Waals surface area contributed by atoms with Gasteiger partial charge in [-0.25, -0.2) is 0 Å². The molecule has 2 amide bonds. The van der Waals surface area contributed by atoms with Gasteiger partial charge < -0.3 is 15.1 Å². The molecule has 150 valence electrons. The van der Waals surface area contributed by atoms with Crippen LogP contribution in [0.5, 0.6) is 0 Å². The summed E-state index contributed by atoms with van der Waals surface area (Å²) in [5.74, 6) is 0.420. The van der Waals surface area contributed by atoms with Crippen LogP contribution in [0.25, 0.3) is 0 Å². The third-order valence-electron chi connectivity index (χ3n) is 5.37. The lowest BCUT2D eigenvalue weighted by Crippen LogP contribution is -2.43. The molecule has 2 aromatic rings. The molecule has 1 aliphatic rings. The molecule has 0 spiro atoms. The molecule has 28 heavy (non-hydrogen) atoms. The van der Waals surface area contributed by atoms with Crippen LogP contribution in [-0.2, 0) is 4.79 Å². The van der Waals surface area contributed by atoms with Gasteiger partial charge in [0.15, 0.2) is 0 Å². The van der Waals surface area contributed by atoms with Crippen molar-refractivity contribution < 1.29 is 14.0 Å². The third kappa shape index (κ3) is 5.23. The van der Waals surface area contributed by atoms with Gasteiger partial charge in [-0.05, 0) is 75.2 Å². The molecule has 6 heteroatoms. The molecule has 1 aromatic heterocycles. The van der Waals surface area contributed by atoms with E-state index in [0.717, 1.165) is 42.8 Å². The number of likely N-dealkylation sites (tertiary alicyclic amines) is 1. The zero-order valence-electron chi connectivity index (χ0n) is 16.7. The summed E-state index contributed by atoms with van der Waals surface area (Å²) in [7, 11) is 0. The molecule has 1 aromatic carbocycles. The topological polar surface area (TPSA) is 74.6 Å². The van der Waals surface area contributed by atoms with Gasteiger partial charge in [0.1, 0.15) is 5.76 Å². The lowest BCUT2D eigenvalue weighted by Gasteiger charge is -2.33. The highest BCUT2D eigenvalue weighted by Crippen LogP contribution is 2.24. The number of nitrogens with one attached hydrogen (secondary N) is 2. The van der Waals surface area contributed by atoms with E-state index in [0.29, 0.717) is 12.1 Å². The van der Waals surface area contributed by atoms with E-state index in [-0.39, 0.29) is 24.4 Å². The molecule has 0 radical (unpaired) electrons. The fourth-order valence-electron chi connectivity index (χ4n) is 3.54. The molecule has 0 aliphatic carbocycles. The van der Waals surface area contributed by atoms with Crippen molar-refractivity contribution in [1.82, 2.24) is 15.5 Å². The van der Waals surface area contributed by atoms with Gasteiger partial charge in [-0.1, -0.05) is 12.5 Å². The molecule has 0 unspecified atom stereocenters. The van der Waals surface area contributed by atoms with Crippen LogP contribution in [0.3, 0.4) is 0 Å². The quantitative estimate of drug-likeness (QED) is 0.771. The number of aryl methyl sites for hydroxylation is 2. The van der Waals surface area contributed by atoms with E-state index in [2.05, 4.69) is 15.5 Å². The Morgan fingerprint density at radius 3 is 2.54 bits per heavy atom. The van der Waals surface area contributed by atoms with Crippen molar-refractivity contribution in [3.8, 4) is 0 Å². The van der Waals surface area contributed by atoms with Crippen molar-refractivity contribution in [2.45, 2.75) is 39.2 Å². The van der Waals surface area contributed by atoms with Crippen LogP contribution in [-0.4, -0.2) is 42.9 Å². The van der Waals surface area contributed by atoms with Gasteiger partial charge in [0.2, 0.25) is 5.91 Å². The SMILES string of the molecule is Cc1ccc(C(=O)NCC(=O)NC[C@H](c2ccco2)N2CCCCC2)cc1C. The molecule has 2 heterocycles. The Labute approximate surface area is 166 Å². The van der Waals surface area contributed by atoms with Gasteiger partial charge in [-0.3, -0.25) is 14.5 Å². The van der Waals surface area contributed by atoms with Crippen LogP contribution in [0, 0.1) is 13.8 Å². The van der Waals surface area contributed by atoms with Crippen molar-refractivity contribution >= 4 is 11.8 Å². The Balaban J connectivity index is 1.51. The summed E-state index contributed by atoms with van der Waals surface area (Å²) in [4.78, 5) is 26.9. The van der Waals surface area contributed by atoms with E-state index < -0.39 is 0 Å². The Bertz CT molecular complexity index is 795. The van der Waals surface area contributed by atoms with Crippen LogP contribution >= 0.6 is 0 Å². The zero-order chi connectivity index (χ0) is 19.9. The van der Waals surface area contributed by atoms with Gasteiger partial charge in [-0.2, -0.15) is 0 Å². The normalized spacial score (nSPS) is 15.8. The summed E-state index contributed by atoms with van der Waals surface area (Å²) in [6.45, 7) is 6.40. The number of benzene rings is 1. The Hall–Kier alpha value is -2.60. The summed E-state index contributed by atoms with van der Waals surface area (Å²) in [5, 5.41) is 5.64. The van der Waals surface area contributed by atoms with E-state index in [1.807, 2.05) is 38.1 Å². The van der Waals surface area contributed by atoms with Crippen molar-refractivity contribution in [3.63, 3.8) is 0 Å². The van der Waals surface area contributed by atoms with Crippen LogP contribution in [0.1, 0.15) is 52.5 Å². The summed E-state index contributed by atoms with van der Waals surface area (Å²) in [6.07, 6.45) is 5.24. The maximum Gasteiger partial charge on any atom is 0.251 e. The first-order chi connectivity index (χ1) is 13.5. The summed E-state index contributed by atoms with van der Waals surface area (Å²) in [5.41, 5.74) is 2.76. The van der Waals surface area contributed by atoms with Crippen LogP contribution in [0.15, 0.2) is 41.0 Å². The monoisotopic (exact) mass is 383 g/mol. The largest absolute Gasteiger partial charge is 0.468 e. The molecule has 6 nitrogen and oxygen atoms in total. The number of nitrogens with zero attached hydrogens (tertiary/aromatic N) is 1. The highest BCUT2D eigenvalue weighted by Gasteiger charge is 2.24. The predicted octanol–water partition coefficient (Wildman–Crippen LogP) is 2.97. The van der Waals surface area contributed by atoms with Gasteiger partial charge in [0.25, 0.3) is 5.91 Å². The molecular weight excluding hydrogens is 354 g/mol. The van der Waals surface area contributed by atoms with Crippen LogP contribution < -0.4 is 10.6 Å². The second-order valence-corrected chi connectivity index (χ2v) is 7.41. The van der Waals surface area contributed by atoms with E-state index in [1.165, 1.54) is 6.42 Å². The highest BCUT2D eigenvalue weighted by atomic mass is 16.3. The number of hydrogen-bond donors (Lipinski definition) is 2. The molecule has 2 N–H and O–H groups in total.